The van der Waals surface area contributed by atoms with Crippen LogP contribution >= 0.6 is 0 Å². The third-order valence-electron chi connectivity index (χ3n) is 5.60. The zero-order valence-corrected chi connectivity index (χ0v) is 16.7. The van der Waals surface area contributed by atoms with Crippen molar-refractivity contribution in [1.82, 2.24) is 20.4 Å². The van der Waals surface area contributed by atoms with Crippen LogP contribution in [0.3, 0.4) is 0 Å². The second kappa shape index (κ2) is 7.34. The molecule has 0 saturated heterocycles. The Kier molecular flexibility index (Phi) is 4.87. The van der Waals surface area contributed by atoms with Crippen LogP contribution in [-0.2, 0) is 5.54 Å². The van der Waals surface area contributed by atoms with Crippen molar-refractivity contribution in [3.63, 3.8) is 0 Å². The molecule has 28 heavy (non-hydrogen) atoms. The van der Waals surface area contributed by atoms with Crippen LogP contribution in [0.5, 0.6) is 0 Å². The maximum Gasteiger partial charge on any atom is 0.252 e. The Morgan fingerprint density at radius 2 is 1.79 bits per heavy atom. The topological polar surface area (TPSA) is 80.9 Å². The minimum atomic E-state index is -0.585. The van der Waals surface area contributed by atoms with Crippen LogP contribution in [0.25, 0.3) is 10.9 Å². The van der Waals surface area contributed by atoms with E-state index in [1.807, 2.05) is 38.1 Å². The molecule has 1 aliphatic rings. The Morgan fingerprint density at radius 3 is 2.46 bits per heavy atom. The number of pyridine rings is 1. The molecular formula is C22H26N4O2. The molecule has 1 N–H and O–H groups in total. The third kappa shape index (κ3) is 3.51. The molecule has 0 radical (unpaired) electrons. The number of hydrogen-bond donors (Lipinski definition) is 1. The molecule has 2 aromatic heterocycles. The zero-order valence-electron chi connectivity index (χ0n) is 16.7. The molecule has 1 fully saturated rings. The molecule has 1 amide bonds. The Bertz CT molecular complexity index is 1020. The van der Waals surface area contributed by atoms with Gasteiger partial charge in [-0.25, -0.2) is 0 Å². The lowest BCUT2D eigenvalue weighted by Crippen LogP contribution is -2.46. The second-order valence-corrected chi connectivity index (χ2v) is 7.92. The number of aromatic nitrogens is 3. The van der Waals surface area contributed by atoms with Crippen molar-refractivity contribution in [3.8, 4) is 0 Å². The summed E-state index contributed by atoms with van der Waals surface area (Å²) in [5, 5.41) is 8.36. The third-order valence-corrected chi connectivity index (χ3v) is 5.60. The summed E-state index contributed by atoms with van der Waals surface area (Å²) in [7, 11) is 0. The van der Waals surface area contributed by atoms with Crippen LogP contribution in [-0.4, -0.2) is 21.0 Å². The van der Waals surface area contributed by atoms with Crippen LogP contribution in [0.1, 0.15) is 71.9 Å². The summed E-state index contributed by atoms with van der Waals surface area (Å²) in [6.07, 6.45) is 6.01. The van der Waals surface area contributed by atoms with Gasteiger partial charge in [0.15, 0.2) is 5.82 Å². The normalized spacial score (nSPS) is 16.7. The van der Waals surface area contributed by atoms with E-state index in [1.54, 1.807) is 6.92 Å². The molecule has 6 nitrogen and oxygen atoms in total. The van der Waals surface area contributed by atoms with Gasteiger partial charge in [0.05, 0.1) is 11.1 Å². The number of fused-ring (bicyclic) bond motifs is 1. The van der Waals surface area contributed by atoms with Crippen molar-refractivity contribution in [1.29, 1.82) is 0 Å². The molecule has 4 rings (SSSR count). The molecule has 3 aromatic rings. The predicted octanol–water partition coefficient (Wildman–Crippen LogP) is 4.52. The van der Waals surface area contributed by atoms with Gasteiger partial charge >= 0.3 is 0 Å². The van der Waals surface area contributed by atoms with Crippen molar-refractivity contribution in [2.75, 3.05) is 0 Å². The van der Waals surface area contributed by atoms with Gasteiger partial charge in [-0.2, -0.15) is 4.98 Å². The summed E-state index contributed by atoms with van der Waals surface area (Å²) in [4.78, 5) is 22.5. The number of amides is 1. The molecule has 1 aliphatic carbocycles. The molecule has 2 heterocycles. The predicted molar refractivity (Wildman–Crippen MR) is 107 cm³/mol. The maximum atomic E-state index is 13.5. The first-order valence-electron chi connectivity index (χ1n) is 9.98. The van der Waals surface area contributed by atoms with Crippen LogP contribution in [0.4, 0.5) is 0 Å². The maximum absolute atomic E-state index is 13.5. The van der Waals surface area contributed by atoms with Crippen molar-refractivity contribution in [2.45, 2.75) is 64.8 Å². The van der Waals surface area contributed by atoms with Gasteiger partial charge in [0.1, 0.15) is 5.54 Å². The Hall–Kier alpha value is -2.76. The fourth-order valence-corrected chi connectivity index (χ4v) is 4.17. The SMILES string of the molecule is Cc1ccc2nc(C)cc(C(=O)NC3(c4noc(C)n4)CCCCCC3)c2c1. The van der Waals surface area contributed by atoms with Gasteiger partial charge in [-0.3, -0.25) is 9.78 Å². The fraction of sp³-hybridized carbons (Fsp3) is 0.455. The Labute approximate surface area is 164 Å². The highest BCUT2D eigenvalue weighted by Crippen LogP contribution is 2.35. The number of aryl methyl sites for hydroxylation is 3. The Balaban J connectivity index is 1.76. The zero-order chi connectivity index (χ0) is 19.7. The summed E-state index contributed by atoms with van der Waals surface area (Å²) in [5.41, 5.74) is 2.83. The summed E-state index contributed by atoms with van der Waals surface area (Å²) < 4.78 is 5.25. The average Bonchev–Trinajstić information content (AvgIpc) is 2.97. The smallest absolute Gasteiger partial charge is 0.252 e. The molecule has 1 aromatic carbocycles. The molecule has 0 atom stereocenters. The summed E-state index contributed by atoms with van der Waals surface area (Å²) in [5.74, 6) is 1.01. The van der Waals surface area contributed by atoms with Gasteiger partial charge in [0.2, 0.25) is 5.89 Å². The fourth-order valence-electron chi connectivity index (χ4n) is 4.17. The van der Waals surface area contributed by atoms with E-state index < -0.39 is 5.54 Å². The highest BCUT2D eigenvalue weighted by atomic mass is 16.5. The lowest BCUT2D eigenvalue weighted by molar-refractivity contribution is 0.0878. The first-order valence-corrected chi connectivity index (χ1v) is 9.98. The van der Waals surface area contributed by atoms with Crippen LogP contribution in [0, 0.1) is 20.8 Å². The van der Waals surface area contributed by atoms with Crippen molar-refractivity contribution in [3.05, 3.63) is 52.8 Å². The number of rotatable bonds is 3. The number of hydrogen-bond acceptors (Lipinski definition) is 5. The van der Waals surface area contributed by atoms with Crippen LogP contribution < -0.4 is 5.32 Å². The van der Waals surface area contributed by atoms with E-state index in [0.717, 1.165) is 60.7 Å². The van der Waals surface area contributed by atoms with Gasteiger partial charge in [-0.05, 0) is 44.9 Å². The molecule has 6 heteroatoms. The molecule has 0 unspecified atom stereocenters. The van der Waals surface area contributed by atoms with Crippen molar-refractivity contribution < 1.29 is 9.32 Å². The minimum Gasteiger partial charge on any atom is -0.340 e. The first kappa shape index (κ1) is 18.6. The number of benzene rings is 1. The number of carbonyl (C=O) groups excluding carboxylic acids is 1. The van der Waals surface area contributed by atoms with Crippen molar-refractivity contribution in [2.24, 2.45) is 0 Å². The minimum absolute atomic E-state index is 0.106. The molecule has 0 spiro atoms. The summed E-state index contributed by atoms with van der Waals surface area (Å²) in [6.45, 7) is 5.72. The lowest BCUT2D eigenvalue weighted by atomic mass is 9.88. The van der Waals surface area contributed by atoms with Gasteiger partial charge < -0.3 is 9.84 Å². The molecule has 146 valence electrons. The monoisotopic (exact) mass is 378 g/mol. The summed E-state index contributed by atoms with van der Waals surface area (Å²) in [6, 6.07) is 7.88. The molecular weight excluding hydrogens is 352 g/mol. The van der Waals surface area contributed by atoms with Gasteiger partial charge in [-0.1, -0.05) is 42.5 Å². The number of carbonyl (C=O) groups is 1. The number of nitrogens with zero attached hydrogens (tertiary/aromatic N) is 3. The molecule has 0 aliphatic heterocycles. The number of nitrogens with one attached hydrogen (secondary N) is 1. The van der Waals surface area contributed by atoms with E-state index in [9.17, 15) is 4.79 Å². The average molecular weight is 378 g/mol. The Morgan fingerprint density at radius 1 is 1.04 bits per heavy atom. The highest BCUT2D eigenvalue weighted by Gasteiger charge is 2.39. The van der Waals surface area contributed by atoms with E-state index >= 15 is 0 Å². The van der Waals surface area contributed by atoms with Gasteiger partial charge in [0.25, 0.3) is 5.91 Å². The highest BCUT2D eigenvalue weighted by molar-refractivity contribution is 6.06. The standard InChI is InChI=1S/C22H26N4O2/c1-14-8-9-19-17(12-14)18(13-15(2)23-19)20(27)25-22(10-6-4-5-7-11-22)21-24-16(3)28-26-21/h8-9,12-13H,4-7,10-11H2,1-3H3,(H,25,27). The van der Waals surface area contributed by atoms with Crippen LogP contribution in [0.15, 0.2) is 28.8 Å². The van der Waals surface area contributed by atoms with Crippen LogP contribution in [0.2, 0.25) is 0 Å². The van der Waals surface area contributed by atoms with Crippen molar-refractivity contribution >= 4 is 16.8 Å². The second-order valence-electron chi connectivity index (χ2n) is 7.92. The summed E-state index contributed by atoms with van der Waals surface area (Å²) >= 11 is 0. The first-order chi connectivity index (χ1) is 13.5. The van der Waals surface area contributed by atoms with E-state index in [4.69, 9.17) is 4.52 Å². The van der Waals surface area contributed by atoms with E-state index in [2.05, 4.69) is 20.4 Å². The largest absolute Gasteiger partial charge is 0.340 e. The van der Waals surface area contributed by atoms with E-state index in [0.29, 0.717) is 17.3 Å². The van der Waals surface area contributed by atoms with Gasteiger partial charge in [0, 0.05) is 18.0 Å². The molecule has 1 saturated carbocycles. The van der Waals surface area contributed by atoms with Gasteiger partial charge in [-0.15, -0.1) is 0 Å². The quantitative estimate of drug-likeness (QED) is 0.678. The van der Waals surface area contributed by atoms with E-state index in [-0.39, 0.29) is 5.91 Å². The molecule has 0 bridgehead atoms. The lowest BCUT2D eigenvalue weighted by Gasteiger charge is -2.31. The van der Waals surface area contributed by atoms with E-state index in [1.165, 1.54) is 0 Å².